The molecule has 3 heterocycles. The Hall–Kier alpha value is -4.17. The molecule has 0 amide bonds. The predicted octanol–water partition coefficient (Wildman–Crippen LogP) is 5.22. The molecule has 2 aromatic heterocycles. The number of esters is 1. The molecule has 0 radical (unpaired) electrons. The summed E-state index contributed by atoms with van der Waals surface area (Å²) >= 11 is 1.33. The topological polar surface area (TPSA) is 74.8 Å². The lowest BCUT2D eigenvalue weighted by Gasteiger charge is -2.24. The zero-order chi connectivity index (χ0) is 29.4. The molecule has 212 valence electrons. The Morgan fingerprint density at radius 1 is 0.976 bits per heavy atom. The van der Waals surface area contributed by atoms with Gasteiger partial charge in [-0.3, -0.25) is 9.36 Å². The first-order valence-electron chi connectivity index (χ1n) is 13.8. The molecule has 0 unspecified atom stereocenters. The molecule has 0 N–H and O–H groups in total. The highest BCUT2D eigenvalue weighted by Gasteiger charge is 2.33. The quantitative estimate of drug-likeness (QED) is 0.286. The number of aryl methyl sites for hydroxylation is 3. The summed E-state index contributed by atoms with van der Waals surface area (Å²) in [5.74, 6) is 0.250. The number of carbonyl (C=O) groups excluding carboxylic acids is 1. The summed E-state index contributed by atoms with van der Waals surface area (Å²) in [5.41, 5.74) is 8.15. The van der Waals surface area contributed by atoms with Crippen LogP contribution in [0.4, 0.5) is 0 Å². The number of hydrogen-bond donors (Lipinski definition) is 0. The van der Waals surface area contributed by atoms with E-state index in [9.17, 15) is 9.59 Å². The number of aromatic nitrogens is 2. The van der Waals surface area contributed by atoms with Crippen molar-refractivity contribution in [3.8, 4) is 11.4 Å². The molecule has 0 saturated carbocycles. The van der Waals surface area contributed by atoms with Gasteiger partial charge < -0.3 is 14.0 Å². The van der Waals surface area contributed by atoms with Crippen LogP contribution in [0.1, 0.15) is 60.5 Å². The third-order valence-electron chi connectivity index (χ3n) is 7.53. The molecule has 7 nitrogen and oxygen atoms in total. The Morgan fingerprint density at radius 2 is 1.71 bits per heavy atom. The first-order valence-corrected chi connectivity index (χ1v) is 14.6. The maximum absolute atomic E-state index is 14.0. The molecule has 8 heteroatoms. The maximum Gasteiger partial charge on any atom is 0.338 e. The molecule has 5 rings (SSSR count). The smallest absolute Gasteiger partial charge is 0.338 e. The van der Waals surface area contributed by atoms with E-state index in [1.165, 1.54) is 22.5 Å². The van der Waals surface area contributed by atoms with Crippen LogP contribution < -0.4 is 19.6 Å². The minimum atomic E-state index is -0.661. The monoisotopic (exact) mass is 569 g/mol. The number of carbonyl (C=O) groups is 1. The van der Waals surface area contributed by atoms with Crippen LogP contribution in [0.2, 0.25) is 0 Å². The van der Waals surface area contributed by atoms with Crippen LogP contribution in [0.15, 0.2) is 69.6 Å². The fraction of sp³-hybridized carbons (Fsp3) is 0.303. The molecule has 2 aromatic carbocycles. The van der Waals surface area contributed by atoms with Crippen molar-refractivity contribution in [1.29, 1.82) is 0 Å². The number of nitrogens with zero attached hydrogens (tertiary/aromatic N) is 3. The number of benzene rings is 2. The van der Waals surface area contributed by atoms with E-state index in [-0.39, 0.29) is 12.2 Å². The van der Waals surface area contributed by atoms with E-state index >= 15 is 0 Å². The summed E-state index contributed by atoms with van der Waals surface area (Å²) in [4.78, 5) is 32.4. The van der Waals surface area contributed by atoms with E-state index in [0.29, 0.717) is 27.2 Å². The minimum Gasteiger partial charge on any atom is -0.494 e. The summed E-state index contributed by atoms with van der Waals surface area (Å²) in [6, 6.07) is 15.4. The van der Waals surface area contributed by atoms with E-state index in [1.54, 1.807) is 18.4 Å². The Kier molecular flexibility index (Phi) is 7.87. The maximum atomic E-state index is 14.0. The molecule has 0 bridgehead atoms. The summed E-state index contributed by atoms with van der Waals surface area (Å²) < 4.78 is 15.4. The number of allylic oxidation sites excluding steroid dienone is 1. The number of rotatable bonds is 7. The first-order chi connectivity index (χ1) is 19.6. The van der Waals surface area contributed by atoms with Crippen molar-refractivity contribution in [3.63, 3.8) is 0 Å². The fourth-order valence-corrected chi connectivity index (χ4v) is 6.39. The van der Waals surface area contributed by atoms with Crippen molar-refractivity contribution in [2.75, 3.05) is 13.2 Å². The van der Waals surface area contributed by atoms with E-state index < -0.39 is 12.0 Å². The van der Waals surface area contributed by atoms with Crippen LogP contribution >= 0.6 is 11.3 Å². The van der Waals surface area contributed by atoms with Gasteiger partial charge in [-0.15, -0.1) is 0 Å². The number of hydrogen-bond acceptors (Lipinski definition) is 6. The molecule has 0 aliphatic carbocycles. The van der Waals surface area contributed by atoms with Gasteiger partial charge in [-0.1, -0.05) is 29.5 Å². The number of fused-ring (bicyclic) bond motifs is 1. The van der Waals surface area contributed by atoms with Crippen molar-refractivity contribution < 1.29 is 14.3 Å². The highest BCUT2D eigenvalue weighted by atomic mass is 32.1. The third-order valence-corrected chi connectivity index (χ3v) is 8.51. The zero-order valence-electron chi connectivity index (χ0n) is 24.6. The van der Waals surface area contributed by atoms with Gasteiger partial charge in [0.2, 0.25) is 0 Å². The third kappa shape index (κ3) is 5.20. The summed E-state index contributed by atoms with van der Waals surface area (Å²) in [6.45, 7) is 14.6. The van der Waals surface area contributed by atoms with E-state index in [1.807, 2.05) is 37.3 Å². The van der Waals surface area contributed by atoms with Gasteiger partial charge >= 0.3 is 5.97 Å². The largest absolute Gasteiger partial charge is 0.494 e. The van der Waals surface area contributed by atoms with Crippen molar-refractivity contribution in [1.82, 2.24) is 9.13 Å². The van der Waals surface area contributed by atoms with E-state index in [0.717, 1.165) is 34.0 Å². The Labute approximate surface area is 243 Å². The molecule has 1 aliphatic heterocycles. The van der Waals surface area contributed by atoms with Gasteiger partial charge in [-0.2, -0.15) is 0 Å². The number of ether oxygens (including phenoxy) is 2. The highest BCUT2D eigenvalue weighted by molar-refractivity contribution is 7.07. The lowest BCUT2D eigenvalue weighted by atomic mass is 9.96. The van der Waals surface area contributed by atoms with Crippen LogP contribution in [0.3, 0.4) is 0 Å². The van der Waals surface area contributed by atoms with Crippen LogP contribution in [0.5, 0.6) is 5.75 Å². The van der Waals surface area contributed by atoms with Crippen molar-refractivity contribution in [2.45, 2.75) is 54.5 Å². The Bertz CT molecular complexity index is 1860. The average molecular weight is 570 g/mol. The van der Waals surface area contributed by atoms with Gasteiger partial charge in [0.25, 0.3) is 5.56 Å². The molecule has 4 aromatic rings. The van der Waals surface area contributed by atoms with Crippen molar-refractivity contribution in [2.24, 2.45) is 4.99 Å². The molecular formula is C33H35N3O4S. The van der Waals surface area contributed by atoms with Gasteiger partial charge in [0, 0.05) is 17.1 Å². The van der Waals surface area contributed by atoms with Crippen LogP contribution in [0.25, 0.3) is 11.8 Å². The van der Waals surface area contributed by atoms with E-state index in [4.69, 9.17) is 14.5 Å². The summed E-state index contributed by atoms with van der Waals surface area (Å²) in [6.07, 6.45) is 1.93. The van der Waals surface area contributed by atoms with Crippen molar-refractivity contribution in [3.05, 3.63) is 113 Å². The SMILES string of the molecule is CCOC(=O)C1=C(C)N=c2s/c(=C\c3cc(C)n(-c4ccc(C)c(C)c4)c3C)c(=O)n2[C@@H]1c1ccc(OCC)cc1. The molecule has 41 heavy (non-hydrogen) atoms. The van der Waals surface area contributed by atoms with E-state index in [2.05, 4.69) is 56.5 Å². The fourth-order valence-electron chi connectivity index (χ4n) is 5.36. The van der Waals surface area contributed by atoms with Gasteiger partial charge in [0.1, 0.15) is 5.75 Å². The second-order valence-electron chi connectivity index (χ2n) is 10.2. The Morgan fingerprint density at radius 3 is 2.37 bits per heavy atom. The molecule has 1 aliphatic rings. The van der Waals surface area contributed by atoms with Gasteiger partial charge in [0.05, 0.1) is 35.1 Å². The summed E-state index contributed by atoms with van der Waals surface area (Å²) in [7, 11) is 0. The van der Waals surface area contributed by atoms with Crippen LogP contribution in [-0.2, 0) is 9.53 Å². The molecular weight excluding hydrogens is 534 g/mol. The normalized spacial score (nSPS) is 15.1. The predicted molar refractivity (Wildman–Crippen MR) is 163 cm³/mol. The lowest BCUT2D eigenvalue weighted by molar-refractivity contribution is -0.139. The lowest BCUT2D eigenvalue weighted by Crippen LogP contribution is -2.39. The number of thiazole rings is 1. The highest BCUT2D eigenvalue weighted by Crippen LogP contribution is 2.32. The van der Waals surface area contributed by atoms with Gasteiger partial charge in [-0.25, -0.2) is 9.79 Å². The van der Waals surface area contributed by atoms with Crippen LogP contribution in [0, 0.1) is 27.7 Å². The standard InChI is InChI=1S/C33H35N3O4S/c1-8-39-27-14-11-24(12-15-27)30-29(32(38)40-9-2)22(6)34-33-36(30)31(37)28(41-33)18-25-17-21(5)35(23(25)7)26-13-10-19(3)20(4)16-26/h10-18,30H,8-9H2,1-7H3/b28-18-/t30-/m1/s1. The molecule has 0 saturated heterocycles. The summed E-state index contributed by atoms with van der Waals surface area (Å²) in [5, 5.41) is 0. The second kappa shape index (κ2) is 11.4. The van der Waals surface area contributed by atoms with Gasteiger partial charge in [0.15, 0.2) is 4.80 Å². The Balaban J connectivity index is 1.66. The average Bonchev–Trinajstić information content (AvgIpc) is 3.39. The van der Waals surface area contributed by atoms with Crippen molar-refractivity contribution >= 4 is 23.4 Å². The zero-order valence-corrected chi connectivity index (χ0v) is 25.4. The second-order valence-corrected chi connectivity index (χ2v) is 11.2. The van der Waals surface area contributed by atoms with Gasteiger partial charge in [-0.05, 0) is 107 Å². The first kappa shape index (κ1) is 28.4. The molecule has 0 fully saturated rings. The molecule has 1 atom stereocenters. The van der Waals surface area contributed by atoms with Crippen LogP contribution in [-0.4, -0.2) is 28.3 Å². The minimum absolute atomic E-state index is 0.196. The molecule has 0 spiro atoms.